The quantitative estimate of drug-likeness (QED) is 0.594. The first-order chi connectivity index (χ1) is 10.9. The minimum absolute atomic E-state index is 0. The summed E-state index contributed by atoms with van der Waals surface area (Å²) in [5.41, 5.74) is 4.00. The number of hydrogen-bond donors (Lipinski definition) is 1. The van der Waals surface area contributed by atoms with E-state index in [9.17, 15) is 0 Å². The molecule has 0 fully saturated rings. The van der Waals surface area contributed by atoms with Crippen molar-refractivity contribution in [3.05, 3.63) is 108 Å². The van der Waals surface area contributed by atoms with Crippen LogP contribution in [0.1, 0.15) is 23.6 Å². The molecule has 0 aliphatic carbocycles. The third-order valence-electron chi connectivity index (χ3n) is 3.90. The average molecular weight is 321 g/mol. The van der Waals surface area contributed by atoms with Gasteiger partial charge >= 0.3 is 0 Å². The molecule has 3 aromatic carbocycles. The van der Waals surface area contributed by atoms with Gasteiger partial charge in [-0.25, -0.2) is 0 Å². The van der Waals surface area contributed by atoms with Crippen molar-refractivity contribution in [2.75, 3.05) is 5.75 Å². The van der Waals surface area contributed by atoms with Crippen molar-refractivity contribution in [3.63, 3.8) is 0 Å². The molecular formula is C21H23NS. The second kappa shape index (κ2) is 8.00. The lowest BCUT2D eigenvalue weighted by Gasteiger charge is -2.35. The van der Waals surface area contributed by atoms with Gasteiger partial charge in [0.1, 0.15) is 0 Å². The van der Waals surface area contributed by atoms with E-state index in [0.29, 0.717) is 0 Å². The van der Waals surface area contributed by atoms with Crippen LogP contribution < -0.4 is 6.15 Å². The predicted octanol–water partition coefficient (Wildman–Crippen LogP) is 5.89. The largest absolute Gasteiger partial charge is 0.344 e. The van der Waals surface area contributed by atoms with E-state index in [0.717, 1.165) is 5.75 Å². The van der Waals surface area contributed by atoms with Crippen LogP contribution in [0.2, 0.25) is 0 Å². The van der Waals surface area contributed by atoms with Gasteiger partial charge in [-0.15, -0.1) is 11.8 Å². The van der Waals surface area contributed by atoms with Crippen LogP contribution in [0.15, 0.2) is 91.0 Å². The third kappa shape index (κ3) is 3.34. The molecule has 0 spiro atoms. The third-order valence-corrected chi connectivity index (χ3v) is 5.33. The molecule has 0 heterocycles. The molecule has 0 aliphatic heterocycles. The molecule has 2 heteroatoms. The lowest BCUT2D eigenvalue weighted by atomic mass is 9.84. The highest BCUT2D eigenvalue weighted by atomic mass is 32.2. The Morgan fingerprint density at radius 1 is 0.609 bits per heavy atom. The van der Waals surface area contributed by atoms with Crippen molar-refractivity contribution in [2.24, 2.45) is 0 Å². The first-order valence-corrected chi connectivity index (χ1v) is 8.67. The summed E-state index contributed by atoms with van der Waals surface area (Å²) in [6.07, 6.45) is 0. The Bertz CT molecular complexity index is 599. The van der Waals surface area contributed by atoms with Gasteiger partial charge in [-0.3, -0.25) is 0 Å². The van der Waals surface area contributed by atoms with Crippen molar-refractivity contribution in [2.45, 2.75) is 11.7 Å². The van der Waals surface area contributed by atoms with E-state index in [4.69, 9.17) is 0 Å². The van der Waals surface area contributed by atoms with E-state index in [-0.39, 0.29) is 10.9 Å². The number of rotatable bonds is 5. The number of thioether (sulfide) groups is 1. The Balaban J connectivity index is 0.00000192. The highest BCUT2D eigenvalue weighted by Gasteiger charge is 2.35. The smallest absolute Gasteiger partial charge is 0.0906 e. The Morgan fingerprint density at radius 3 is 1.17 bits per heavy atom. The van der Waals surface area contributed by atoms with Crippen molar-refractivity contribution < 1.29 is 0 Å². The summed E-state index contributed by atoms with van der Waals surface area (Å²) < 4.78 is -0.154. The highest BCUT2D eigenvalue weighted by Crippen LogP contribution is 2.48. The molecule has 0 amide bonds. The first-order valence-electron chi connectivity index (χ1n) is 7.68. The lowest BCUT2D eigenvalue weighted by Crippen LogP contribution is -2.25. The van der Waals surface area contributed by atoms with E-state index >= 15 is 0 Å². The predicted molar refractivity (Wildman–Crippen MR) is 102 cm³/mol. The minimum Gasteiger partial charge on any atom is -0.344 e. The van der Waals surface area contributed by atoms with E-state index in [1.54, 1.807) is 0 Å². The molecule has 0 atom stereocenters. The Hall–Kier alpha value is -2.03. The van der Waals surface area contributed by atoms with Gasteiger partial charge < -0.3 is 6.15 Å². The van der Waals surface area contributed by atoms with Gasteiger partial charge in [0.05, 0.1) is 4.75 Å². The van der Waals surface area contributed by atoms with Crippen molar-refractivity contribution >= 4 is 11.8 Å². The maximum Gasteiger partial charge on any atom is 0.0906 e. The highest BCUT2D eigenvalue weighted by molar-refractivity contribution is 8.00. The summed E-state index contributed by atoms with van der Waals surface area (Å²) in [6, 6.07) is 32.5. The van der Waals surface area contributed by atoms with Crippen LogP contribution in [-0.2, 0) is 4.75 Å². The summed E-state index contributed by atoms with van der Waals surface area (Å²) in [7, 11) is 0. The molecule has 3 N–H and O–H groups in total. The Morgan fingerprint density at radius 2 is 0.913 bits per heavy atom. The van der Waals surface area contributed by atoms with Gasteiger partial charge in [-0.1, -0.05) is 97.9 Å². The maximum atomic E-state index is 2.24. The van der Waals surface area contributed by atoms with E-state index in [1.807, 2.05) is 11.8 Å². The van der Waals surface area contributed by atoms with Crippen molar-refractivity contribution in [3.8, 4) is 0 Å². The van der Waals surface area contributed by atoms with Crippen LogP contribution in [0.4, 0.5) is 0 Å². The molecule has 23 heavy (non-hydrogen) atoms. The molecule has 3 aromatic rings. The van der Waals surface area contributed by atoms with E-state index in [2.05, 4.69) is 97.9 Å². The van der Waals surface area contributed by atoms with Crippen LogP contribution in [0.3, 0.4) is 0 Å². The molecule has 1 nitrogen and oxygen atoms in total. The van der Waals surface area contributed by atoms with Crippen molar-refractivity contribution in [1.82, 2.24) is 6.15 Å². The van der Waals surface area contributed by atoms with Crippen LogP contribution in [0.25, 0.3) is 0 Å². The standard InChI is InChI=1S/C21H20S.H3N/c1-2-22-21(18-12-6-3-7-13-18,19-14-8-4-9-15-19)20-16-10-5-11-17-20;/h3-17H,2H2,1H3;1H3. The molecule has 0 radical (unpaired) electrons. The molecule has 118 valence electrons. The molecule has 0 bridgehead atoms. The van der Waals surface area contributed by atoms with Gasteiger partial charge in [-0.2, -0.15) is 0 Å². The topological polar surface area (TPSA) is 35.0 Å². The molecule has 0 saturated heterocycles. The van der Waals surface area contributed by atoms with Crippen molar-refractivity contribution in [1.29, 1.82) is 0 Å². The fourth-order valence-corrected chi connectivity index (χ4v) is 4.33. The summed E-state index contributed by atoms with van der Waals surface area (Å²) in [5.74, 6) is 1.05. The zero-order valence-corrected chi connectivity index (χ0v) is 14.3. The number of benzene rings is 3. The molecule has 0 aliphatic rings. The van der Waals surface area contributed by atoms with Gasteiger partial charge in [-0.05, 0) is 22.4 Å². The van der Waals surface area contributed by atoms with Gasteiger partial charge in [0.15, 0.2) is 0 Å². The Labute approximate surface area is 143 Å². The first kappa shape index (κ1) is 17.3. The minimum atomic E-state index is -0.154. The van der Waals surface area contributed by atoms with E-state index < -0.39 is 0 Å². The van der Waals surface area contributed by atoms with Crippen LogP contribution in [0.5, 0.6) is 0 Å². The van der Waals surface area contributed by atoms with Gasteiger partial charge in [0, 0.05) is 0 Å². The summed E-state index contributed by atoms with van der Waals surface area (Å²) in [4.78, 5) is 0. The summed E-state index contributed by atoms with van der Waals surface area (Å²) >= 11 is 1.98. The second-order valence-corrected chi connectivity index (χ2v) is 6.69. The second-order valence-electron chi connectivity index (χ2n) is 5.21. The monoisotopic (exact) mass is 321 g/mol. The fraction of sp³-hybridized carbons (Fsp3) is 0.143. The van der Waals surface area contributed by atoms with Gasteiger partial charge in [0.25, 0.3) is 0 Å². The van der Waals surface area contributed by atoms with Crippen LogP contribution >= 0.6 is 11.8 Å². The van der Waals surface area contributed by atoms with Crippen LogP contribution in [-0.4, -0.2) is 5.75 Å². The zero-order chi connectivity index (χ0) is 15.3. The zero-order valence-electron chi connectivity index (χ0n) is 13.5. The average Bonchev–Trinajstić information content (AvgIpc) is 2.62. The number of hydrogen-bond acceptors (Lipinski definition) is 2. The SMILES string of the molecule is CCSC(c1ccccc1)(c1ccccc1)c1ccccc1.N. The molecular weight excluding hydrogens is 298 g/mol. The van der Waals surface area contributed by atoms with Crippen LogP contribution in [0, 0.1) is 0 Å². The van der Waals surface area contributed by atoms with E-state index in [1.165, 1.54) is 16.7 Å². The maximum absolute atomic E-state index is 2.24. The molecule has 0 saturated carbocycles. The summed E-state index contributed by atoms with van der Waals surface area (Å²) in [5, 5.41) is 0. The molecule has 0 unspecified atom stereocenters. The fourth-order valence-electron chi connectivity index (χ4n) is 2.99. The lowest BCUT2D eigenvalue weighted by molar-refractivity contribution is 0.895. The molecule has 0 aromatic heterocycles. The molecule has 3 rings (SSSR count). The Kier molecular flexibility index (Phi) is 6.03. The normalized spacial score (nSPS) is 10.8. The van der Waals surface area contributed by atoms with Gasteiger partial charge in [0.2, 0.25) is 0 Å². The summed E-state index contributed by atoms with van der Waals surface area (Å²) in [6.45, 7) is 2.23.